The molecule has 1 aliphatic heterocycles. The number of anilines is 1. The lowest BCUT2D eigenvalue weighted by Gasteiger charge is -2.30. The summed E-state index contributed by atoms with van der Waals surface area (Å²) in [5.74, 6) is 0.433. The fraction of sp³-hybridized carbons (Fsp3) is 0.632. The quantitative estimate of drug-likeness (QED) is 0.656. The minimum atomic E-state index is -4.68. The summed E-state index contributed by atoms with van der Waals surface area (Å²) >= 11 is 0. The van der Waals surface area contributed by atoms with Crippen LogP contribution in [0.4, 0.5) is 19.1 Å². The van der Waals surface area contributed by atoms with Crippen LogP contribution in [0.3, 0.4) is 0 Å². The Morgan fingerprint density at radius 3 is 2.38 bits per heavy atom. The highest BCUT2D eigenvalue weighted by Gasteiger charge is 2.36. The average Bonchev–Trinajstić information content (AvgIpc) is 2.99. The number of aliphatic hydroxyl groups is 1. The average molecular weight is 477 g/mol. The number of aryl methyl sites for hydroxylation is 1. The van der Waals surface area contributed by atoms with Crippen LogP contribution < -0.4 is 5.32 Å². The van der Waals surface area contributed by atoms with Crippen molar-refractivity contribution in [3.05, 3.63) is 23.8 Å². The largest absolute Gasteiger partial charge is 0.420 e. The molecule has 0 bridgehead atoms. The first-order chi connectivity index (χ1) is 14.6. The lowest BCUT2D eigenvalue weighted by molar-refractivity contribution is -0.137. The highest BCUT2D eigenvalue weighted by atomic mass is 32.2. The Kier molecular flexibility index (Phi) is 6.55. The van der Waals surface area contributed by atoms with Gasteiger partial charge in [0.15, 0.2) is 0 Å². The molecule has 0 aliphatic carbocycles. The zero-order valence-electron chi connectivity index (χ0n) is 18.3. The van der Waals surface area contributed by atoms with Crippen LogP contribution in [-0.4, -0.2) is 68.3 Å². The van der Waals surface area contributed by atoms with Crippen LogP contribution in [0.15, 0.2) is 12.4 Å². The molecule has 0 unspecified atom stereocenters. The number of rotatable bonds is 6. The first-order valence-electron chi connectivity index (χ1n) is 10.0. The molecule has 9 nitrogen and oxygen atoms in total. The molecule has 2 aromatic rings. The van der Waals surface area contributed by atoms with Gasteiger partial charge < -0.3 is 15.0 Å². The van der Waals surface area contributed by atoms with Crippen molar-refractivity contribution in [3.63, 3.8) is 0 Å². The van der Waals surface area contributed by atoms with Crippen LogP contribution in [0.5, 0.6) is 0 Å². The van der Waals surface area contributed by atoms with E-state index in [1.54, 1.807) is 25.5 Å². The minimum absolute atomic E-state index is 0.0143. The van der Waals surface area contributed by atoms with Gasteiger partial charge in [0.2, 0.25) is 16.0 Å². The van der Waals surface area contributed by atoms with Crippen LogP contribution >= 0.6 is 0 Å². The first kappa shape index (κ1) is 24.4. The summed E-state index contributed by atoms with van der Waals surface area (Å²) < 4.78 is 67.1. The lowest BCUT2D eigenvalue weighted by Crippen LogP contribution is -2.42. The lowest BCUT2D eigenvalue weighted by atomic mass is 10.1. The predicted molar refractivity (Wildman–Crippen MR) is 112 cm³/mol. The topological polar surface area (TPSA) is 113 Å². The van der Waals surface area contributed by atoms with E-state index in [9.17, 15) is 26.7 Å². The molecule has 0 amide bonds. The van der Waals surface area contributed by atoms with E-state index >= 15 is 0 Å². The number of sulfonamides is 1. The van der Waals surface area contributed by atoms with Crippen molar-refractivity contribution in [1.82, 2.24) is 23.8 Å². The Morgan fingerprint density at radius 2 is 1.84 bits per heavy atom. The van der Waals surface area contributed by atoms with Crippen molar-refractivity contribution in [3.8, 4) is 11.4 Å². The molecule has 1 fully saturated rings. The normalized spacial score (nSPS) is 17.0. The molecule has 3 rings (SSSR count). The van der Waals surface area contributed by atoms with Crippen LogP contribution in [0, 0.1) is 0 Å². The second-order valence-corrected chi connectivity index (χ2v) is 10.7. The van der Waals surface area contributed by atoms with Crippen molar-refractivity contribution >= 4 is 16.0 Å². The molecule has 0 atom stereocenters. The van der Waals surface area contributed by atoms with Gasteiger partial charge in [0.25, 0.3) is 0 Å². The Balaban J connectivity index is 1.88. The van der Waals surface area contributed by atoms with Gasteiger partial charge in [-0.1, -0.05) is 0 Å². The number of piperidine rings is 1. The molecule has 3 heterocycles. The summed E-state index contributed by atoms with van der Waals surface area (Å²) in [4.78, 5) is 12.2. The van der Waals surface area contributed by atoms with Gasteiger partial charge in [-0.05, 0) is 26.7 Å². The van der Waals surface area contributed by atoms with E-state index in [0.717, 1.165) is 12.5 Å². The number of aromatic nitrogens is 4. The van der Waals surface area contributed by atoms with Gasteiger partial charge in [0.1, 0.15) is 22.8 Å². The SMILES string of the molecule is Cn1cc(-c2nc(NC3CCN(S(C)(=O)=O)CC3)ncc2C(F)(F)F)nc1CC(C)(C)O. The standard InChI is InChI=1S/C19H27F3N6O3S/c1-18(2,29)9-15-25-14(11-27(15)3)16-13(19(20,21)22)10-23-17(26-16)24-12-5-7-28(8-6-12)32(4,30)31/h10-12,29H,5-9H2,1-4H3,(H,23,24,26). The monoisotopic (exact) mass is 476 g/mol. The van der Waals surface area contributed by atoms with E-state index in [4.69, 9.17) is 0 Å². The van der Waals surface area contributed by atoms with E-state index in [-0.39, 0.29) is 29.8 Å². The number of alkyl halides is 3. The maximum atomic E-state index is 13.6. The Hall–Kier alpha value is -2.25. The predicted octanol–water partition coefficient (Wildman–Crippen LogP) is 2.05. The van der Waals surface area contributed by atoms with Gasteiger partial charge >= 0.3 is 6.18 Å². The van der Waals surface area contributed by atoms with Crippen molar-refractivity contribution in [1.29, 1.82) is 0 Å². The number of halogens is 3. The summed E-state index contributed by atoms with van der Waals surface area (Å²) in [6.07, 6.45) is -0.264. The number of nitrogens with one attached hydrogen (secondary N) is 1. The smallest absolute Gasteiger partial charge is 0.390 e. The van der Waals surface area contributed by atoms with Gasteiger partial charge in [-0.15, -0.1) is 0 Å². The third kappa shape index (κ3) is 5.95. The summed E-state index contributed by atoms with van der Waals surface area (Å²) in [7, 11) is -1.64. The summed E-state index contributed by atoms with van der Waals surface area (Å²) in [6, 6.07) is -0.174. The van der Waals surface area contributed by atoms with Crippen LogP contribution in [-0.2, 0) is 29.7 Å². The van der Waals surface area contributed by atoms with Gasteiger partial charge in [0, 0.05) is 45.0 Å². The summed E-state index contributed by atoms with van der Waals surface area (Å²) in [6.45, 7) is 3.80. The van der Waals surface area contributed by atoms with Gasteiger partial charge in [-0.3, -0.25) is 0 Å². The Morgan fingerprint density at radius 1 is 1.22 bits per heavy atom. The third-order valence-electron chi connectivity index (χ3n) is 5.16. The van der Waals surface area contributed by atoms with Crippen molar-refractivity contribution in [2.45, 2.75) is 50.9 Å². The first-order valence-corrected chi connectivity index (χ1v) is 11.9. The highest BCUT2D eigenvalue weighted by molar-refractivity contribution is 7.88. The number of imidazole rings is 1. The van der Waals surface area contributed by atoms with Crippen molar-refractivity contribution in [2.24, 2.45) is 7.05 Å². The fourth-order valence-corrected chi connectivity index (χ4v) is 4.41. The summed E-state index contributed by atoms with van der Waals surface area (Å²) in [5.41, 5.74) is -2.43. The Bertz CT molecular complexity index is 1070. The van der Waals surface area contributed by atoms with Crippen molar-refractivity contribution in [2.75, 3.05) is 24.7 Å². The van der Waals surface area contributed by atoms with Crippen molar-refractivity contribution < 1.29 is 26.7 Å². The van der Waals surface area contributed by atoms with E-state index in [1.807, 2.05) is 0 Å². The van der Waals surface area contributed by atoms with E-state index in [0.29, 0.717) is 31.8 Å². The zero-order valence-corrected chi connectivity index (χ0v) is 19.1. The van der Waals surface area contributed by atoms with Crippen LogP contribution in [0.25, 0.3) is 11.4 Å². The van der Waals surface area contributed by atoms with Gasteiger partial charge in [0.05, 0.1) is 11.9 Å². The molecular formula is C19H27F3N6O3S. The number of hydrogen-bond acceptors (Lipinski definition) is 7. The molecule has 2 N–H and O–H groups in total. The molecule has 0 aromatic carbocycles. The molecule has 2 aromatic heterocycles. The fourth-order valence-electron chi connectivity index (χ4n) is 3.54. The van der Waals surface area contributed by atoms with Gasteiger partial charge in [-0.25, -0.2) is 27.7 Å². The maximum absolute atomic E-state index is 13.6. The minimum Gasteiger partial charge on any atom is -0.390 e. The number of hydrogen-bond donors (Lipinski definition) is 2. The van der Waals surface area contributed by atoms with Crippen LogP contribution in [0.2, 0.25) is 0 Å². The third-order valence-corrected chi connectivity index (χ3v) is 6.46. The molecule has 178 valence electrons. The van der Waals surface area contributed by atoms with E-state index in [2.05, 4.69) is 20.3 Å². The summed E-state index contributed by atoms with van der Waals surface area (Å²) in [5, 5.41) is 13.1. The zero-order chi connectivity index (χ0) is 23.9. The van der Waals surface area contributed by atoms with Crippen LogP contribution in [0.1, 0.15) is 38.1 Å². The molecule has 0 saturated carbocycles. The van der Waals surface area contributed by atoms with E-state index in [1.165, 1.54) is 10.5 Å². The molecule has 32 heavy (non-hydrogen) atoms. The second kappa shape index (κ2) is 8.60. The molecule has 1 saturated heterocycles. The molecule has 0 spiro atoms. The Labute approximate surface area is 184 Å². The molecule has 0 radical (unpaired) electrons. The molecular weight excluding hydrogens is 449 g/mol. The maximum Gasteiger partial charge on any atom is 0.420 e. The molecule has 1 aliphatic rings. The van der Waals surface area contributed by atoms with Gasteiger partial charge in [-0.2, -0.15) is 13.2 Å². The highest BCUT2D eigenvalue weighted by Crippen LogP contribution is 2.36. The molecule has 13 heteroatoms. The second-order valence-electron chi connectivity index (χ2n) is 8.68. The number of nitrogens with zero attached hydrogens (tertiary/aromatic N) is 5. The van der Waals surface area contributed by atoms with E-state index < -0.39 is 27.4 Å².